The second-order valence-corrected chi connectivity index (χ2v) is 4.68. The summed E-state index contributed by atoms with van der Waals surface area (Å²) >= 11 is 0. The number of benzene rings is 1. The lowest BCUT2D eigenvalue weighted by molar-refractivity contribution is 0.0993. The number of carbonyl (C=O) groups excluding carboxylic acids is 1. The number of rotatable bonds is 4. The first-order valence-corrected chi connectivity index (χ1v) is 6.77. The van der Waals surface area contributed by atoms with Crippen molar-refractivity contribution >= 4 is 17.4 Å². The van der Waals surface area contributed by atoms with Crippen molar-refractivity contribution in [3.63, 3.8) is 0 Å². The van der Waals surface area contributed by atoms with E-state index in [1.54, 1.807) is 38.4 Å². The molecular weight excluding hydrogens is 269 g/mol. The Bertz CT molecular complexity index is 635. The Morgan fingerprint density at radius 1 is 1.33 bits per heavy atom. The fourth-order valence-electron chi connectivity index (χ4n) is 2.02. The van der Waals surface area contributed by atoms with Crippen LogP contribution < -0.4 is 10.2 Å². The molecule has 21 heavy (non-hydrogen) atoms. The molecule has 1 heterocycles. The zero-order valence-corrected chi connectivity index (χ0v) is 12.4. The van der Waals surface area contributed by atoms with E-state index in [0.717, 1.165) is 12.1 Å². The van der Waals surface area contributed by atoms with Crippen LogP contribution in [-0.4, -0.2) is 25.0 Å². The molecular formula is C16H18FN3O. The summed E-state index contributed by atoms with van der Waals surface area (Å²) in [6.07, 6.45) is 0.736. The standard InChI is InChI=1S/C16H18FN3O/c1-4-13-8-11(9-15(18-2)19-13)16(21)20(3)14-7-5-6-12(17)10-14/h5-10H,4H2,1-3H3,(H,18,19). The summed E-state index contributed by atoms with van der Waals surface area (Å²) in [4.78, 5) is 18.3. The Kier molecular flexibility index (Phi) is 4.52. The average molecular weight is 287 g/mol. The van der Waals surface area contributed by atoms with Crippen LogP contribution in [0.15, 0.2) is 36.4 Å². The number of aromatic nitrogens is 1. The van der Waals surface area contributed by atoms with E-state index in [1.165, 1.54) is 17.0 Å². The minimum absolute atomic E-state index is 0.200. The SMILES string of the molecule is CCc1cc(C(=O)N(C)c2cccc(F)c2)cc(NC)n1. The number of amides is 1. The van der Waals surface area contributed by atoms with Gasteiger partial charge in [-0.05, 0) is 36.8 Å². The summed E-state index contributed by atoms with van der Waals surface area (Å²) in [6.45, 7) is 1.98. The lowest BCUT2D eigenvalue weighted by atomic mass is 10.1. The quantitative estimate of drug-likeness (QED) is 0.940. The first-order chi connectivity index (χ1) is 10.0. The Labute approximate surface area is 123 Å². The molecule has 0 bridgehead atoms. The van der Waals surface area contributed by atoms with E-state index < -0.39 is 0 Å². The van der Waals surface area contributed by atoms with Crippen LogP contribution in [0.2, 0.25) is 0 Å². The lowest BCUT2D eigenvalue weighted by Crippen LogP contribution is -2.26. The third kappa shape index (κ3) is 3.37. The predicted molar refractivity (Wildman–Crippen MR) is 82.3 cm³/mol. The summed E-state index contributed by atoms with van der Waals surface area (Å²) in [5, 5.41) is 2.94. The van der Waals surface area contributed by atoms with Gasteiger partial charge in [-0.2, -0.15) is 0 Å². The molecule has 0 fully saturated rings. The van der Waals surface area contributed by atoms with E-state index in [-0.39, 0.29) is 11.7 Å². The molecule has 5 heteroatoms. The van der Waals surface area contributed by atoms with Crippen molar-refractivity contribution < 1.29 is 9.18 Å². The summed E-state index contributed by atoms with van der Waals surface area (Å²) < 4.78 is 13.3. The minimum atomic E-state index is -0.368. The number of nitrogens with one attached hydrogen (secondary N) is 1. The van der Waals surface area contributed by atoms with Gasteiger partial charge in [0, 0.05) is 31.0 Å². The Hall–Kier alpha value is -2.43. The van der Waals surface area contributed by atoms with E-state index in [4.69, 9.17) is 0 Å². The maximum atomic E-state index is 13.3. The summed E-state index contributed by atoms with van der Waals surface area (Å²) in [5.41, 5.74) is 1.87. The fraction of sp³-hybridized carbons (Fsp3) is 0.250. The average Bonchev–Trinajstić information content (AvgIpc) is 2.52. The van der Waals surface area contributed by atoms with E-state index >= 15 is 0 Å². The highest BCUT2D eigenvalue weighted by Crippen LogP contribution is 2.18. The lowest BCUT2D eigenvalue weighted by Gasteiger charge is -2.18. The van der Waals surface area contributed by atoms with E-state index in [2.05, 4.69) is 10.3 Å². The van der Waals surface area contributed by atoms with Gasteiger partial charge in [0.25, 0.3) is 5.91 Å². The highest BCUT2D eigenvalue weighted by molar-refractivity contribution is 6.06. The Morgan fingerprint density at radius 3 is 2.71 bits per heavy atom. The molecule has 0 radical (unpaired) electrons. The molecule has 0 saturated heterocycles. The van der Waals surface area contributed by atoms with Gasteiger partial charge >= 0.3 is 0 Å². The molecule has 2 aromatic rings. The number of hydrogen-bond donors (Lipinski definition) is 1. The zero-order chi connectivity index (χ0) is 15.4. The molecule has 4 nitrogen and oxygen atoms in total. The van der Waals surface area contributed by atoms with Crippen molar-refractivity contribution in [3.05, 3.63) is 53.5 Å². The van der Waals surface area contributed by atoms with E-state index in [1.807, 2.05) is 6.92 Å². The monoisotopic (exact) mass is 287 g/mol. The van der Waals surface area contributed by atoms with Crippen LogP contribution in [0.4, 0.5) is 15.9 Å². The van der Waals surface area contributed by atoms with Gasteiger partial charge in [-0.25, -0.2) is 9.37 Å². The second kappa shape index (κ2) is 6.35. The van der Waals surface area contributed by atoms with Gasteiger partial charge in [0.15, 0.2) is 0 Å². The number of halogens is 1. The summed E-state index contributed by atoms with van der Waals surface area (Å²) in [7, 11) is 3.38. The van der Waals surface area contributed by atoms with Crippen LogP contribution in [0.3, 0.4) is 0 Å². The van der Waals surface area contributed by atoms with Crippen LogP contribution in [0.25, 0.3) is 0 Å². The van der Waals surface area contributed by atoms with Crippen molar-refractivity contribution in [2.45, 2.75) is 13.3 Å². The van der Waals surface area contributed by atoms with Gasteiger partial charge in [-0.15, -0.1) is 0 Å². The molecule has 0 spiro atoms. The van der Waals surface area contributed by atoms with Crippen LogP contribution in [0.5, 0.6) is 0 Å². The third-order valence-electron chi connectivity index (χ3n) is 3.24. The predicted octanol–water partition coefficient (Wildman–Crippen LogP) is 3.10. The van der Waals surface area contributed by atoms with Gasteiger partial charge in [0.1, 0.15) is 11.6 Å². The molecule has 0 aliphatic carbocycles. The number of hydrogen-bond acceptors (Lipinski definition) is 3. The van der Waals surface area contributed by atoms with Crippen molar-refractivity contribution in [3.8, 4) is 0 Å². The maximum absolute atomic E-state index is 13.3. The Balaban J connectivity index is 2.35. The normalized spacial score (nSPS) is 10.3. The number of aryl methyl sites for hydroxylation is 1. The maximum Gasteiger partial charge on any atom is 0.258 e. The molecule has 0 saturated carbocycles. The topological polar surface area (TPSA) is 45.2 Å². The molecule has 1 aromatic carbocycles. The van der Waals surface area contributed by atoms with Crippen LogP contribution in [-0.2, 0) is 6.42 Å². The van der Waals surface area contributed by atoms with Gasteiger partial charge in [-0.3, -0.25) is 4.79 Å². The molecule has 1 aromatic heterocycles. The van der Waals surface area contributed by atoms with E-state index in [0.29, 0.717) is 17.1 Å². The van der Waals surface area contributed by atoms with Crippen LogP contribution >= 0.6 is 0 Å². The first-order valence-electron chi connectivity index (χ1n) is 6.77. The van der Waals surface area contributed by atoms with Crippen molar-refractivity contribution in [2.24, 2.45) is 0 Å². The summed E-state index contributed by atoms with van der Waals surface area (Å²) in [6, 6.07) is 9.41. The highest BCUT2D eigenvalue weighted by Gasteiger charge is 2.15. The largest absolute Gasteiger partial charge is 0.373 e. The van der Waals surface area contributed by atoms with Crippen molar-refractivity contribution in [1.82, 2.24) is 4.98 Å². The number of nitrogens with zero attached hydrogens (tertiary/aromatic N) is 2. The third-order valence-corrected chi connectivity index (χ3v) is 3.24. The fourth-order valence-corrected chi connectivity index (χ4v) is 2.02. The minimum Gasteiger partial charge on any atom is -0.373 e. The summed E-state index contributed by atoms with van der Waals surface area (Å²) in [5.74, 6) is 0.0755. The number of carbonyl (C=O) groups is 1. The molecule has 0 unspecified atom stereocenters. The number of pyridine rings is 1. The highest BCUT2D eigenvalue weighted by atomic mass is 19.1. The van der Waals surface area contributed by atoms with Crippen LogP contribution in [0.1, 0.15) is 23.0 Å². The molecule has 1 N–H and O–H groups in total. The first kappa shape index (κ1) is 15.0. The molecule has 0 aliphatic rings. The molecule has 0 aliphatic heterocycles. The molecule has 0 atom stereocenters. The van der Waals surface area contributed by atoms with Gasteiger partial charge in [0.2, 0.25) is 0 Å². The van der Waals surface area contributed by atoms with Gasteiger partial charge in [-0.1, -0.05) is 13.0 Å². The van der Waals surface area contributed by atoms with Crippen LogP contribution in [0, 0.1) is 5.82 Å². The zero-order valence-electron chi connectivity index (χ0n) is 12.4. The Morgan fingerprint density at radius 2 is 2.10 bits per heavy atom. The van der Waals surface area contributed by atoms with Crippen molar-refractivity contribution in [2.75, 3.05) is 24.3 Å². The van der Waals surface area contributed by atoms with Gasteiger partial charge < -0.3 is 10.2 Å². The smallest absolute Gasteiger partial charge is 0.258 e. The van der Waals surface area contributed by atoms with Crippen molar-refractivity contribution in [1.29, 1.82) is 0 Å². The molecule has 110 valence electrons. The molecule has 1 amide bonds. The van der Waals surface area contributed by atoms with Gasteiger partial charge in [0.05, 0.1) is 0 Å². The second-order valence-electron chi connectivity index (χ2n) is 4.68. The molecule has 2 rings (SSSR count). The number of anilines is 2. The van der Waals surface area contributed by atoms with E-state index in [9.17, 15) is 9.18 Å².